The van der Waals surface area contributed by atoms with E-state index in [2.05, 4.69) is 0 Å². The molecule has 0 saturated carbocycles. The Balaban J connectivity index is 1.97. The molecular weight excluding hydrogens is 460 g/mol. The van der Waals surface area contributed by atoms with Gasteiger partial charge in [-0.1, -0.05) is 18.2 Å². The summed E-state index contributed by atoms with van der Waals surface area (Å²) in [6.07, 6.45) is 0. The van der Waals surface area contributed by atoms with E-state index >= 15 is 0 Å². The summed E-state index contributed by atoms with van der Waals surface area (Å²) in [6.45, 7) is 0. The predicted octanol–water partition coefficient (Wildman–Crippen LogP) is 4.40. The first-order valence-corrected chi connectivity index (χ1v) is 11.3. The molecule has 1 amide bonds. The number of rotatable bonds is 7. The molecule has 3 aromatic rings. The lowest BCUT2D eigenvalue weighted by Crippen LogP contribution is -2.29. The zero-order valence-corrected chi connectivity index (χ0v) is 20.8. The second kappa shape index (κ2) is 10.0. The molecule has 1 heterocycles. The number of amides is 1. The number of para-hydroxylation sites is 1. The molecule has 0 aliphatic carbocycles. The van der Waals surface area contributed by atoms with Crippen LogP contribution in [0.4, 0.5) is 11.4 Å². The van der Waals surface area contributed by atoms with Crippen molar-refractivity contribution in [2.24, 2.45) is 0 Å². The Bertz CT molecular complexity index is 1330. The van der Waals surface area contributed by atoms with Gasteiger partial charge in [-0.3, -0.25) is 14.5 Å². The van der Waals surface area contributed by atoms with Crippen LogP contribution >= 0.6 is 0 Å². The zero-order chi connectivity index (χ0) is 26.0. The first-order valence-electron chi connectivity index (χ1n) is 11.3. The largest absolute Gasteiger partial charge is 0.507 e. The van der Waals surface area contributed by atoms with Crippen LogP contribution < -0.4 is 24.0 Å². The molecule has 186 valence electrons. The van der Waals surface area contributed by atoms with E-state index in [-0.39, 0.29) is 11.3 Å². The summed E-state index contributed by atoms with van der Waals surface area (Å²) in [7, 11) is 8.34. The highest BCUT2D eigenvalue weighted by atomic mass is 16.5. The highest BCUT2D eigenvalue weighted by Crippen LogP contribution is 2.45. The van der Waals surface area contributed by atoms with E-state index < -0.39 is 17.7 Å². The number of methoxy groups -OCH3 is 3. The van der Waals surface area contributed by atoms with E-state index in [0.717, 1.165) is 5.69 Å². The number of nitrogens with zero attached hydrogens (tertiary/aromatic N) is 2. The Labute approximate surface area is 209 Å². The third-order valence-corrected chi connectivity index (χ3v) is 6.17. The number of Topliss-reactive ketones (excluding diaryl/α,β-unsaturated/α-hetero) is 1. The van der Waals surface area contributed by atoms with Gasteiger partial charge in [0.2, 0.25) is 0 Å². The van der Waals surface area contributed by atoms with Gasteiger partial charge in [-0.15, -0.1) is 0 Å². The van der Waals surface area contributed by atoms with Crippen molar-refractivity contribution in [3.63, 3.8) is 0 Å². The van der Waals surface area contributed by atoms with Crippen molar-refractivity contribution >= 4 is 28.8 Å². The summed E-state index contributed by atoms with van der Waals surface area (Å²) in [4.78, 5) is 30.2. The smallest absolute Gasteiger partial charge is 0.300 e. The van der Waals surface area contributed by atoms with Crippen molar-refractivity contribution in [2.45, 2.75) is 6.04 Å². The molecule has 1 N–H and O–H groups in total. The minimum Gasteiger partial charge on any atom is -0.507 e. The van der Waals surface area contributed by atoms with Crippen LogP contribution in [-0.4, -0.2) is 52.2 Å². The Hall–Kier alpha value is -4.46. The van der Waals surface area contributed by atoms with Crippen LogP contribution in [0.5, 0.6) is 17.2 Å². The van der Waals surface area contributed by atoms with E-state index in [9.17, 15) is 14.7 Å². The Morgan fingerprint density at radius 3 is 2.08 bits per heavy atom. The number of aliphatic hydroxyl groups is 1. The molecule has 1 unspecified atom stereocenters. The number of ketones is 1. The van der Waals surface area contributed by atoms with Crippen LogP contribution in [-0.2, 0) is 9.59 Å². The maximum atomic E-state index is 13.4. The van der Waals surface area contributed by atoms with Crippen molar-refractivity contribution in [1.82, 2.24) is 0 Å². The lowest BCUT2D eigenvalue weighted by molar-refractivity contribution is -0.132. The summed E-state index contributed by atoms with van der Waals surface area (Å²) >= 11 is 0. The maximum absolute atomic E-state index is 13.4. The van der Waals surface area contributed by atoms with Gasteiger partial charge in [0.1, 0.15) is 11.5 Å². The topological polar surface area (TPSA) is 88.5 Å². The summed E-state index contributed by atoms with van der Waals surface area (Å²) in [5, 5.41) is 11.4. The lowest BCUT2D eigenvalue weighted by Gasteiger charge is -2.26. The second-order valence-corrected chi connectivity index (χ2v) is 8.39. The minimum atomic E-state index is -0.917. The van der Waals surface area contributed by atoms with E-state index in [1.165, 1.54) is 26.2 Å². The van der Waals surface area contributed by atoms with E-state index in [0.29, 0.717) is 34.1 Å². The van der Waals surface area contributed by atoms with Crippen molar-refractivity contribution < 1.29 is 28.9 Å². The van der Waals surface area contributed by atoms with Crippen molar-refractivity contribution in [1.29, 1.82) is 0 Å². The third-order valence-electron chi connectivity index (χ3n) is 6.17. The minimum absolute atomic E-state index is 0.0478. The number of hydrogen-bond acceptors (Lipinski definition) is 7. The van der Waals surface area contributed by atoms with Crippen molar-refractivity contribution in [2.75, 3.05) is 45.2 Å². The van der Waals surface area contributed by atoms with Crippen LogP contribution in [0.25, 0.3) is 5.76 Å². The fraction of sp³-hybridized carbons (Fsp3) is 0.214. The number of carbonyl (C=O) groups is 2. The normalized spacial score (nSPS) is 16.7. The van der Waals surface area contributed by atoms with Gasteiger partial charge in [-0.05, 0) is 54.1 Å². The summed E-state index contributed by atoms with van der Waals surface area (Å²) in [6, 6.07) is 18.3. The first-order chi connectivity index (χ1) is 17.3. The fourth-order valence-electron chi connectivity index (χ4n) is 4.33. The first kappa shape index (κ1) is 24.7. The van der Waals surface area contributed by atoms with Gasteiger partial charge in [0, 0.05) is 25.5 Å². The average molecular weight is 489 g/mol. The lowest BCUT2D eigenvalue weighted by atomic mass is 9.94. The van der Waals surface area contributed by atoms with Gasteiger partial charge in [-0.2, -0.15) is 0 Å². The fourth-order valence-corrected chi connectivity index (χ4v) is 4.33. The Morgan fingerprint density at radius 1 is 0.833 bits per heavy atom. The zero-order valence-electron chi connectivity index (χ0n) is 20.8. The molecule has 1 fully saturated rings. The molecule has 0 radical (unpaired) electrons. The molecule has 1 atom stereocenters. The molecule has 0 bridgehead atoms. The van der Waals surface area contributed by atoms with Crippen molar-refractivity contribution in [3.05, 3.63) is 83.4 Å². The highest BCUT2D eigenvalue weighted by Gasteiger charge is 2.47. The SMILES string of the molecule is COc1ccc(C2/C(=C(/O)c3ccccc3OC)C(=O)C(=O)N2c2ccc(N(C)C)cc2)cc1OC. The molecule has 1 saturated heterocycles. The van der Waals surface area contributed by atoms with Gasteiger partial charge < -0.3 is 24.2 Å². The van der Waals surface area contributed by atoms with Gasteiger partial charge in [0.15, 0.2) is 11.5 Å². The average Bonchev–Trinajstić information content (AvgIpc) is 3.17. The number of hydrogen-bond donors (Lipinski definition) is 1. The Morgan fingerprint density at radius 2 is 1.47 bits per heavy atom. The third kappa shape index (κ3) is 4.22. The molecule has 0 spiro atoms. The van der Waals surface area contributed by atoms with Crippen LogP contribution in [0.1, 0.15) is 17.2 Å². The number of ether oxygens (including phenoxy) is 3. The Kier molecular flexibility index (Phi) is 6.87. The number of anilines is 2. The standard InChI is InChI=1S/C28H28N2O6/c1-29(2)18-11-13-19(14-12-18)30-25(17-10-15-22(35-4)23(16-17)36-5)24(27(32)28(30)33)26(31)20-8-6-7-9-21(20)34-3/h6-16,25,31H,1-5H3/b26-24-. The van der Waals surface area contributed by atoms with Gasteiger partial charge in [0.05, 0.1) is 38.5 Å². The molecular formula is C28H28N2O6. The predicted molar refractivity (Wildman–Crippen MR) is 138 cm³/mol. The highest BCUT2D eigenvalue weighted by molar-refractivity contribution is 6.51. The molecule has 8 nitrogen and oxygen atoms in total. The monoisotopic (exact) mass is 488 g/mol. The van der Waals surface area contributed by atoms with Crippen molar-refractivity contribution in [3.8, 4) is 17.2 Å². The molecule has 1 aliphatic heterocycles. The molecule has 3 aromatic carbocycles. The maximum Gasteiger partial charge on any atom is 0.300 e. The number of aliphatic hydroxyl groups excluding tert-OH is 1. The van der Waals surface area contributed by atoms with Crippen LogP contribution in [0.3, 0.4) is 0 Å². The van der Waals surface area contributed by atoms with Gasteiger partial charge >= 0.3 is 0 Å². The number of carbonyl (C=O) groups excluding carboxylic acids is 2. The molecule has 4 rings (SSSR count). The quantitative estimate of drug-likeness (QED) is 0.300. The van der Waals surface area contributed by atoms with E-state index in [4.69, 9.17) is 14.2 Å². The van der Waals surface area contributed by atoms with Crippen LogP contribution in [0.2, 0.25) is 0 Å². The van der Waals surface area contributed by atoms with Crippen LogP contribution in [0.15, 0.2) is 72.3 Å². The van der Waals surface area contributed by atoms with E-state index in [1.807, 2.05) is 31.1 Å². The summed E-state index contributed by atoms with van der Waals surface area (Å²) < 4.78 is 16.2. The van der Waals surface area contributed by atoms with Gasteiger partial charge in [0.25, 0.3) is 11.7 Å². The molecule has 8 heteroatoms. The molecule has 1 aliphatic rings. The molecule has 0 aromatic heterocycles. The summed E-state index contributed by atoms with van der Waals surface area (Å²) in [5.74, 6) is -0.557. The molecule has 36 heavy (non-hydrogen) atoms. The second-order valence-electron chi connectivity index (χ2n) is 8.39. The van der Waals surface area contributed by atoms with Gasteiger partial charge in [-0.25, -0.2) is 0 Å². The van der Waals surface area contributed by atoms with E-state index in [1.54, 1.807) is 54.6 Å². The van der Waals surface area contributed by atoms with Crippen LogP contribution in [0, 0.1) is 0 Å². The summed E-state index contributed by atoms with van der Waals surface area (Å²) in [5.41, 5.74) is 2.29. The number of benzene rings is 3.